The molecule has 1 amide bonds. The summed E-state index contributed by atoms with van der Waals surface area (Å²) in [7, 11) is 3.13. The molecular formula is C15H17ClN4O3. The largest absolute Gasteiger partial charge is 0.495 e. The fourth-order valence-corrected chi connectivity index (χ4v) is 1.95. The minimum atomic E-state index is -0.256. The molecule has 8 heteroatoms. The molecule has 2 rings (SSSR count). The Morgan fingerprint density at radius 1 is 1.26 bits per heavy atom. The number of rotatable bonds is 7. The van der Waals surface area contributed by atoms with E-state index in [0.717, 1.165) is 0 Å². The zero-order valence-corrected chi connectivity index (χ0v) is 13.6. The van der Waals surface area contributed by atoms with E-state index in [0.29, 0.717) is 41.1 Å². The third-order valence-corrected chi connectivity index (χ3v) is 3.15. The molecule has 0 aliphatic carbocycles. The average Bonchev–Trinajstić information content (AvgIpc) is 2.56. The number of aromatic nitrogens is 2. The topological polar surface area (TPSA) is 85.4 Å². The Morgan fingerprint density at radius 2 is 2.00 bits per heavy atom. The Hall–Kier alpha value is -2.38. The lowest BCUT2D eigenvalue weighted by molar-refractivity contribution is 0.0936. The van der Waals surface area contributed by atoms with E-state index in [1.807, 2.05) is 0 Å². The predicted molar refractivity (Wildman–Crippen MR) is 87.5 cm³/mol. The van der Waals surface area contributed by atoms with Crippen LogP contribution in [0.25, 0.3) is 0 Å². The number of carbonyl (C=O) groups is 1. The van der Waals surface area contributed by atoms with E-state index < -0.39 is 0 Å². The fourth-order valence-electron chi connectivity index (χ4n) is 1.78. The summed E-state index contributed by atoms with van der Waals surface area (Å²) in [4.78, 5) is 20.1. The summed E-state index contributed by atoms with van der Waals surface area (Å²) in [5, 5.41) is 6.25. The zero-order chi connectivity index (χ0) is 16.7. The molecule has 1 aromatic carbocycles. The first-order valence-electron chi connectivity index (χ1n) is 6.83. The van der Waals surface area contributed by atoms with Crippen LogP contribution in [0.3, 0.4) is 0 Å². The van der Waals surface area contributed by atoms with Gasteiger partial charge in [0.25, 0.3) is 5.91 Å². The van der Waals surface area contributed by atoms with Gasteiger partial charge in [0.05, 0.1) is 25.0 Å². The Kier molecular flexibility index (Phi) is 6.13. The van der Waals surface area contributed by atoms with Crippen molar-refractivity contribution in [2.24, 2.45) is 0 Å². The Balaban J connectivity index is 2.05. The number of ether oxygens (including phenoxy) is 2. The van der Waals surface area contributed by atoms with Crippen LogP contribution in [-0.4, -0.2) is 43.2 Å². The number of nitrogens with one attached hydrogen (secondary N) is 2. The van der Waals surface area contributed by atoms with Gasteiger partial charge in [-0.25, -0.2) is 9.97 Å². The first kappa shape index (κ1) is 17.0. The van der Waals surface area contributed by atoms with Crippen LogP contribution in [0, 0.1) is 0 Å². The number of hydrogen-bond acceptors (Lipinski definition) is 6. The van der Waals surface area contributed by atoms with Crippen LogP contribution in [0.2, 0.25) is 5.02 Å². The number of nitrogens with zero attached hydrogens (tertiary/aromatic N) is 2. The Morgan fingerprint density at radius 3 is 2.65 bits per heavy atom. The van der Waals surface area contributed by atoms with Gasteiger partial charge < -0.3 is 20.1 Å². The van der Waals surface area contributed by atoms with Gasteiger partial charge in [0.2, 0.25) is 5.95 Å². The highest BCUT2D eigenvalue weighted by Crippen LogP contribution is 2.29. The van der Waals surface area contributed by atoms with Gasteiger partial charge >= 0.3 is 0 Å². The normalized spacial score (nSPS) is 10.2. The summed E-state index contributed by atoms with van der Waals surface area (Å²) in [5.74, 6) is 0.687. The Labute approximate surface area is 139 Å². The lowest BCUT2D eigenvalue weighted by atomic mass is 10.3. The average molecular weight is 337 g/mol. The summed E-state index contributed by atoms with van der Waals surface area (Å²) in [6.45, 7) is 0.871. The fraction of sp³-hybridized carbons (Fsp3) is 0.267. The van der Waals surface area contributed by atoms with Crippen LogP contribution < -0.4 is 15.4 Å². The van der Waals surface area contributed by atoms with Crippen LogP contribution in [0.15, 0.2) is 30.6 Å². The first-order valence-corrected chi connectivity index (χ1v) is 7.21. The van der Waals surface area contributed by atoms with Gasteiger partial charge in [0, 0.05) is 31.1 Å². The molecule has 23 heavy (non-hydrogen) atoms. The van der Waals surface area contributed by atoms with Crippen LogP contribution in [0.4, 0.5) is 11.6 Å². The summed E-state index contributed by atoms with van der Waals surface area (Å²) >= 11 is 5.97. The minimum absolute atomic E-state index is 0.256. The molecule has 0 spiro atoms. The molecule has 0 saturated carbocycles. The summed E-state index contributed by atoms with van der Waals surface area (Å²) in [6, 6.07) is 5.16. The molecule has 1 aromatic heterocycles. The maximum absolute atomic E-state index is 11.8. The molecule has 0 aliphatic rings. The van der Waals surface area contributed by atoms with Crippen molar-refractivity contribution < 1.29 is 14.3 Å². The lowest BCUT2D eigenvalue weighted by Gasteiger charge is -2.10. The molecule has 0 bridgehead atoms. The second kappa shape index (κ2) is 8.30. The zero-order valence-electron chi connectivity index (χ0n) is 12.8. The maximum atomic E-state index is 11.8. The minimum Gasteiger partial charge on any atom is -0.495 e. The number of carbonyl (C=O) groups excluding carboxylic acids is 1. The first-order chi connectivity index (χ1) is 11.1. The van der Waals surface area contributed by atoms with Crippen molar-refractivity contribution in [1.82, 2.24) is 15.3 Å². The van der Waals surface area contributed by atoms with Gasteiger partial charge in [-0.3, -0.25) is 4.79 Å². The van der Waals surface area contributed by atoms with E-state index in [-0.39, 0.29) is 5.91 Å². The van der Waals surface area contributed by atoms with Crippen LogP contribution >= 0.6 is 11.6 Å². The molecule has 0 fully saturated rings. The van der Waals surface area contributed by atoms with Gasteiger partial charge in [0.1, 0.15) is 5.75 Å². The standard InChI is InChI=1S/C15H17ClN4O3/c1-22-6-5-17-14(21)10-8-18-15(19-9-10)20-12-7-11(16)3-4-13(12)23-2/h3-4,7-9H,5-6H2,1-2H3,(H,17,21)(H,18,19,20). The molecule has 0 radical (unpaired) electrons. The molecule has 0 unspecified atom stereocenters. The van der Waals surface area contributed by atoms with Crippen molar-refractivity contribution in [1.29, 1.82) is 0 Å². The smallest absolute Gasteiger partial charge is 0.254 e. The summed E-state index contributed by atoms with van der Waals surface area (Å²) in [5.41, 5.74) is 1.00. The molecule has 0 saturated heterocycles. The van der Waals surface area contributed by atoms with Gasteiger partial charge in [-0.05, 0) is 18.2 Å². The predicted octanol–water partition coefficient (Wildman–Crippen LogP) is 2.26. The van der Waals surface area contributed by atoms with E-state index in [2.05, 4.69) is 20.6 Å². The van der Waals surface area contributed by atoms with Crippen molar-refractivity contribution in [2.45, 2.75) is 0 Å². The summed E-state index contributed by atoms with van der Waals surface area (Å²) < 4.78 is 10.1. The molecule has 7 nitrogen and oxygen atoms in total. The number of halogens is 1. The molecule has 0 atom stereocenters. The highest BCUT2D eigenvalue weighted by atomic mass is 35.5. The van der Waals surface area contributed by atoms with Crippen LogP contribution in [0.5, 0.6) is 5.75 Å². The van der Waals surface area contributed by atoms with Crippen molar-refractivity contribution in [3.05, 3.63) is 41.2 Å². The number of amides is 1. The van der Waals surface area contributed by atoms with E-state index in [4.69, 9.17) is 21.1 Å². The van der Waals surface area contributed by atoms with Gasteiger partial charge in [-0.2, -0.15) is 0 Å². The number of anilines is 2. The van der Waals surface area contributed by atoms with Gasteiger partial charge in [-0.1, -0.05) is 11.6 Å². The highest BCUT2D eigenvalue weighted by molar-refractivity contribution is 6.31. The second-order valence-corrected chi connectivity index (χ2v) is 4.95. The molecule has 2 aromatic rings. The molecule has 122 valence electrons. The van der Waals surface area contributed by atoms with Crippen molar-refractivity contribution >= 4 is 29.1 Å². The van der Waals surface area contributed by atoms with Crippen LogP contribution in [-0.2, 0) is 4.74 Å². The van der Waals surface area contributed by atoms with E-state index >= 15 is 0 Å². The molecule has 0 aliphatic heterocycles. The SMILES string of the molecule is COCCNC(=O)c1cnc(Nc2cc(Cl)ccc2OC)nc1. The highest BCUT2D eigenvalue weighted by Gasteiger charge is 2.09. The van der Waals surface area contributed by atoms with Crippen LogP contribution in [0.1, 0.15) is 10.4 Å². The Bertz CT molecular complexity index is 664. The van der Waals surface area contributed by atoms with Crippen molar-refractivity contribution in [3.8, 4) is 5.75 Å². The number of methoxy groups -OCH3 is 2. The maximum Gasteiger partial charge on any atom is 0.254 e. The van der Waals surface area contributed by atoms with Crippen molar-refractivity contribution in [3.63, 3.8) is 0 Å². The number of benzene rings is 1. The quantitative estimate of drug-likeness (QED) is 0.754. The van der Waals surface area contributed by atoms with Crippen molar-refractivity contribution in [2.75, 3.05) is 32.7 Å². The number of hydrogen-bond donors (Lipinski definition) is 2. The molecule has 1 heterocycles. The van der Waals surface area contributed by atoms with E-state index in [9.17, 15) is 4.79 Å². The van der Waals surface area contributed by atoms with E-state index in [1.165, 1.54) is 12.4 Å². The van der Waals surface area contributed by atoms with Gasteiger partial charge in [-0.15, -0.1) is 0 Å². The molecule has 2 N–H and O–H groups in total. The third-order valence-electron chi connectivity index (χ3n) is 2.91. The second-order valence-electron chi connectivity index (χ2n) is 4.51. The van der Waals surface area contributed by atoms with E-state index in [1.54, 1.807) is 32.4 Å². The lowest BCUT2D eigenvalue weighted by Crippen LogP contribution is -2.27. The third kappa shape index (κ3) is 4.80. The summed E-state index contributed by atoms with van der Waals surface area (Å²) in [6.07, 6.45) is 2.88. The monoisotopic (exact) mass is 336 g/mol. The van der Waals surface area contributed by atoms with Gasteiger partial charge in [0.15, 0.2) is 0 Å². The molecular weight excluding hydrogens is 320 g/mol.